The van der Waals surface area contributed by atoms with Crippen LogP contribution in [0.2, 0.25) is 0 Å². The highest BCUT2D eigenvalue weighted by Gasteiger charge is 2.36. The van der Waals surface area contributed by atoms with Gasteiger partial charge in [-0.25, -0.2) is 4.79 Å². The van der Waals surface area contributed by atoms with Crippen molar-refractivity contribution in [2.45, 2.75) is 26.3 Å². The van der Waals surface area contributed by atoms with E-state index in [0.29, 0.717) is 17.5 Å². The van der Waals surface area contributed by atoms with E-state index in [1.807, 2.05) is 0 Å². The highest BCUT2D eigenvalue weighted by molar-refractivity contribution is 5.05. The van der Waals surface area contributed by atoms with Gasteiger partial charge in [-0.1, -0.05) is 6.92 Å². The van der Waals surface area contributed by atoms with E-state index >= 15 is 0 Å². The van der Waals surface area contributed by atoms with Crippen molar-refractivity contribution in [2.75, 3.05) is 6.54 Å². The molecular weight excluding hydrogens is 218 g/mol. The van der Waals surface area contributed by atoms with E-state index in [9.17, 15) is 9.59 Å². The second-order valence-electron chi connectivity index (χ2n) is 5.33. The van der Waals surface area contributed by atoms with Crippen LogP contribution in [0.3, 0.4) is 0 Å². The number of hydrogen-bond acceptors (Lipinski definition) is 3. The molecule has 5 nitrogen and oxygen atoms in total. The zero-order chi connectivity index (χ0) is 12.6. The first-order chi connectivity index (χ1) is 7.93. The van der Waals surface area contributed by atoms with Crippen molar-refractivity contribution in [1.82, 2.24) is 14.5 Å². The molecule has 1 aromatic heterocycles. The standard InChI is InChI=1S/C12H19N3O2/c1-12(4-5-12)8-13-6-9-7-14(2)11(17)15(3)10(9)16/h7,13H,4-6,8H2,1-3H3. The molecule has 17 heavy (non-hydrogen) atoms. The predicted octanol–water partition coefficient (Wildman–Crippen LogP) is -0.0263. The molecule has 0 unspecified atom stereocenters. The molecule has 1 aliphatic carbocycles. The lowest BCUT2D eigenvalue weighted by Gasteiger charge is -2.11. The highest BCUT2D eigenvalue weighted by atomic mass is 16.2. The summed E-state index contributed by atoms with van der Waals surface area (Å²) in [7, 11) is 3.17. The van der Waals surface area contributed by atoms with Gasteiger partial charge in [0, 0.05) is 38.9 Å². The maximum absolute atomic E-state index is 11.8. The van der Waals surface area contributed by atoms with Crippen LogP contribution in [0.15, 0.2) is 15.8 Å². The summed E-state index contributed by atoms with van der Waals surface area (Å²) >= 11 is 0. The first kappa shape index (κ1) is 12.1. The van der Waals surface area contributed by atoms with Crippen molar-refractivity contribution in [1.29, 1.82) is 0 Å². The molecule has 0 spiro atoms. The average Bonchev–Trinajstić information content (AvgIpc) is 3.01. The lowest BCUT2D eigenvalue weighted by molar-refractivity contribution is 0.495. The minimum absolute atomic E-state index is 0.207. The fourth-order valence-electron chi connectivity index (χ4n) is 1.89. The van der Waals surface area contributed by atoms with Crippen molar-refractivity contribution in [2.24, 2.45) is 19.5 Å². The Kier molecular flexibility index (Phi) is 2.95. The molecule has 94 valence electrons. The Balaban J connectivity index is 2.10. The van der Waals surface area contributed by atoms with E-state index in [1.54, 1.807) is 13.2 Å². The van der Waals surface area contributed by atoms with Crippen molar-refractivity contribution in [3.05, 3.63) is 32.6 Å². The van der Waals surface area contributed by atoms with Gasteiger partial charge in [-0.05, 0) is 18.3 Å². The molecule has 5 heteroatoms. The Hall–Kier alpha value is -1.36. The van der Waals surface area contributed by atoms with Gasteiger partial charge >= 0.3 is 5.69 Å². The quantitative estimate of drug-likeness (QED) is 0.800. The lowest BCUT2D eigenvalue weighted by atomic mass is 10.1. The number of nitrogens with zero attached hydrogens (tertiary/aromatic N) is 2. The van der Waals surface area contributed by atoms with Gasteiger partial charge in [0.2, 0.25) is 0 Å². The molecule has 0 amide bonds. The molecule has 2 rings (SSSR count). The molecule has 0 aliphatic heterocycles. The van der Waals surface area contributed by atoms with Gasteiger partial charge in [0.1, 0.15) is 0 Å². The van der Waals surface area contributed by atoms with E-state index in [0.717, 1.165) is 11.1 Å². The summed E-state index contributed by atoms with van der Waals surface area (Å²) in [5.41, 5.74) is 0.569. The Morgan fingerprint density at radius 1 is 1.35 bits per heavy atom. The van der Waals surface area contributed by atoms with E-state index in [1.165, 1.54) is 24.5 Å². The van der Waals surface area contributed by atoms with Gasteiger partial charge in [-0.2, -0.15) is 0 Å². The predicted molar refractivity (Wildman–Crippen MR) is 66.0 cm³/mol. The molecule has 1 aliphatic rings. The molecular formula is C12H19N3O2. The minimum Gasteiger partial charge on any atom is -0.312 e. The Morgan fingerprint density at radius 2 is 2.00 bits per heavy atom. The summed E-state index contributed by atoms with van der Waals surface area (Å²) in [5.74, 6) is 0. The molecule has 1 aromatic rings. The normalized spacial score (nSPS) is 17.1. The summed E-state index contributed by atoms with van der Waals surface area (Å²) in [5, 5.41) is 3.29. The first-order valence-electron chi connectivity index (χ1n) is 5.89. The van der Waals surface area contributed by atoms with Gasteiger partial charge in [0.15, 0.2) is 0 Å². The fourth-order valence-corrected chi connectivity index (χ4v) is 1.89. The molecule has 0 bridgehead atoms. The highest BCUT2D eigenvalue weighted by Crippen LogP contribution is 2.43. The fraction of sp³-hybridized carbons (Fsp3) is 0.667. The third kappa shape index (κ3) is 2.49. The molecule has 1 fully saturated rings. The third-order valence-corrected chi connectivity index (χ3v) is 3.49. The monoisotopic (exact) mass is 237 g/mol. The van der Waals surface area contributed by atoms with E-state index < -0.39 is 0 Å². The second kappa shape index (κ2) is 4.14. The van der Waals surface area contributed by atoms with Crippen LogP contribution in [0.5, 0.6) is 0 Å². The van der Waals surface area contributed by atoms with Crippen LogP contribution >= 0.6 is 0 Å². The SMILES string of the molecule is Cn1cc(CNCC2(C)CC2)c(=O)n(C)c1=O. The average molecular weight is 237 g/mol. The van der Waals surface area contributed by atoms with E-state index in [2.05, 4.69) is 12.2 Å². The van der Waals surface area contributed by atoms with Crippen molar-refractivity contribution < 1.29 is 0 Å². The van der Waals surface area contributed by atoms with Crippen LogP contribution in [0.4, 0.5) is 0 Å². The number of nitrogens with one attached hydrogen (secondary N) is 1. The van der Waals surface area contributed by atoms with E-state index in [-0.39, 0.29) is 11.2 Å². The molecule has 0 radical (unpaired) electrons. The van der Waals surface area contributed by atoms with Crippen LogP contribution in [-0.4, -0.2) is 15.7 Å². The van der Waals surface area contributed by atoms with Crippen LogP contribution in [0, 0.1) is 5.41 Å². The molecule has 1 saturated carbocycles. The molecule has 1 N–H and O–H groups in total. The van der Waals surface area contributed by atoms with Crippen LogP contribution in [-0.2, 0) is 20.6 Å². The van der Waals surface area contributed by atoms with Gasteiger partial charge < -0.3 is 9.88 Å². The Labute approximate surface area is 100 Å². The second-order valence-corrected chi connectivity index (χ2v) is 5.33. The number of aromatic nitrogens is 2. The largest absolute Gasteiger partial charge is 0.330 e. The number of hydrogen-bond donors (Lipinski definition) is 1. The lowest BCUT2D eigenvalue weighted by Crippen LogP contribution is -2.39. The first-order valence-corrected chi connectivity index (χ1v) is 5.89. The van der Waals surface area contributed by atoms with Gasteiger partial charge in [-0.3, -0.25) is 9.36 Å². The van der Waals surface area contributed by atoms with Crippen LogP contribution in [0.25, 0.3) is 0 Å². The van der Waals surface area contributed by atoms with Gasteiger partial charge in [0.25, 0.3) is 5.56 Å². The minimum atomic E-state index is -0.284. The van der Waals surface area contributed by atoms with Crippen molar-refractivity contribution >= 4 is 0 Å². The Morgan fingerprint density at radius 3 is 2.59 bits per heavy atom. The smallest absolute Gasteiger partial charge is 0.312 e. The summed E-state index contributed by atoms with van der Waals surface area (Å²) in [6, 6.07) is 0. The van der Waals surface area contributed by atoms with Crippen LogP contribution in [0.1, 0.15) is 25.3 Å². The van der Waals surface area contributed by atoms with Crippen molar-refractivity contribution in [3.63, 3.8) is 0 Å². The zero-order valence-corrected chi connectivity index (χ0v) is 10.6. The van der Waals surface area contributed by atoms with Crippen LogP contribution < -0.4 is 16.6 Å². The van der Waals surface area contributed by atoms with Gasteiger partial charge in [-0.15, -0.1) is 0 Å². The van der Waals surface area contributed by atoms with E-state index in [4.69, 9.17) is 0 Å². The Bertz CT molecular complexity index is 538. The maximum Gasteiger partial charge on any atom is 0.330 e. The number of rotatable bonds is 4. The topological polar surface area (TPSA) is 56.0 Å². The summed E-state index contributed by atoms with van der Waals surface area (Å²) in [6.45, 7) is 3.69. The van der Waals surface area contributed by atoms with Gasteiger partial charge in [0.05, 0.1) is 0 Å². The van der Waals surface area contributed by atoms with Crippen molar-refractivity contribution in [3.8, 4) is 0 Å². The molecule has 1 heterocycles. The third-order valence-electron chi connectivity index (χ3n) is 3.49. The maximum atomic E-state index is 11.8. The zero-order valence-electron chi connectivity index (χ0n) is 10.6. The number of aryl methyl sites for hydroxylation is 1. The molecule has 0 aromatic carbocycles. The summed E-state index contributed by atoms with van der Waals surface area (Å²) in [6.07, 6.45) is 4.13. The molecule has 0 atom stereocenters. The summed E-state index contributed by atoms with van der Waals surface area (Å²) in [4.78, 5) is 23.3. The summed E-state index contributed by atoms with van der Waals surface area (Å²) < 4.78 is 2.59. The molecule has 0 saturated heterocycles.